The first kappa shape index (κ1) is 9.05. The molecule has 0 unspecified atom stereocenters. The van der Waals surface area contributed by atoms with Crippen LogP contribution in [0.25, 0.3) is 5.57 Å². The lowest BCUT2D eigenvalue weighted by molar-refractivity contribution is 1.22. The minimum atomic E-state index is 1.11. The number of rotatable bonds is 2. The van der Waals surface area contributed by atoms with Crippen molar-refractivity contribution >= 4 is 5.57 Å². The first-order valence-electron chi connectivity index (χ1n) is 4.50. The molecule has 1 rings (SSSR count). The fourth-order valence-corrected chi connectivity index (χ4v) is 1.48. The van der Waals surface area contributed by atoms with Crippen LogP contribution in [-0.4, -0.2) is 0 Å². The van der Waals surface area contributed by atoms with Crippen molar-refractivity contribution in [2.45, 2.75) is 27.2 Å². The molecule has 0 aromatic heterocycles. The van der Waals surface area contributed by atoms with Gasteiger partial charge in [-0.3, -0.25) is 0 Å². The highest BCUT2D eigenvalue weighted by molar-refractivity contribution is 5.67. The molecular formula is C12H16. The van der Waals surface area contributed by atoms with E-state index in [1.165, 1.54) is 16.7 Å². The Labute approximate surface area is 74.9 Å². The van der Waals surface area contributed by atoms with Crippen LogP contribution in [0.15, 0.2) is 30.3 Å². The van der Waals surface area contributed by atoms with E-state index in [0.29, 0.717) is 0 Å². The van der Waals surface area contributed by atoms with Crippen LogP contribution in [-0.2, 0) is 0 Å². The normalized spacial score (nSPS) is 11.8. The predicted molar refractivity (Wildman–Crippen MR) is 55.1 cm³/mol. The minimum Gasteiger partial charge on any atom is -0.0838 e. The van der Waals surface area contributed by atoms with E-state index in [4.69, 9.17) is 0 Å². The molecule has 0 saturated heterocycles. The number of allylic oxidation sites excluding steroid dienone is 2. The lowest BCUT2D eigenvalue weighted by Crippen LogP contribution is -1.86. The van der Waals surface area contributed by atoms with E-state index in [-0.39, 0.29) is 0 Å². The van der Waals surface area contributed by atoms with Crippen molar-refractivity contribution in [3.05, 3.63) is 41.5 Å². The molecule has 12 heavy (non-hydrogen) atoms. The van der Waals surface area contributed by atoms with Crippen molar-refractivity contribution in [2.24, 2.45) is 0 Å². The van der Waals surface area contributed by atoms with Gasteiger partial charge < -0.3 is 0 Å². The highest BCUT2D eigenvalue weighted by Gasteiger charge is 1.99. The van der Waals surface area contributed by atoms with Gasteiger partial charge in [-0.2, -0.15) is 0 Å². The molecule has 0 N–H and O–H groups in total. The van der Waals surface area contributed by atoms with E-state index < -0.39 is 0 Å². The van der Waals surface area contributed by atoms with E-state index in [9.17, 15) is 0 Å². The summed E-state index contributed by atoms with van der Waals surface area (Å²) in [5, 5.41) is 0. The van der Waals surface area contributed by atoms with Gasteiger partial charge in [-0.15, -0.1) is 0 Å². The van der Waals surface area contributed by atoms with E-state index >= 15 is 0 Å². The van der Waals surface area contributed by atoms with Gasteiger partial charge in [-0.05, 0) is 37.0 Å². The predicted octanol–water partition coefficient (Wildman–Crippen LogP) is 3.81. The second-order valence-electron chi connectivity index (χ2n) is 2.98. The van der Waals surface area contributed by atoms with Crippen LogP contribution in [0, 0.1) is 6.92 Å². The summed E-state index contributed by atoms with van der Waals surface area (Å²) in [5.41, 5.74) is 4.20. The van der Waals surface area contributed by atoms with Gasteiger partial charge in [0, 0.05) is 0 Å². The molecule has 0 aliphatic heterocycles. The van der Waals surface area contributed by atoms with Crippen molar-refractivity contribution in [1.29, 1.82) is 0 Å². The van der Waals surface area contributed by atoms with Crippen molar-refractivity contribution in [1.82, 2.24) is 0 Å². The average Bonchev–Trinajstić information content (AvgIpc) is 2.10. The van der Waals surface area contributed by atoms with Crippen LogP contribution in [0.3, 0.4) is 0 Å². The monoisotopic (exact) mass is 160 g/mol. The molecule has 0 fully saturated rings. The highest BCUT2D eigenvalue weighted by Crippen LogP contribution is 2.20. The molecule has 0 aliphatic rings. The number of hydrogen-bond acceptors (Lipinski definition) is 0. The average molecular weight is 160 g/mol. The minimum absolute atomic E-state index is 1.11. The first-order valence-corrected chi connectivity index (χ1v) is 4.50. The summed E-state index contributed by atoms with van der Waals surface area (Å²) >= 11 is 0. The Balaban J connectivity index is 3.10. The Kier molecular flexibility index (Phi) is 3.09. The van der Waals surface area contributed by atoms with E-state index in [2.05, 4.69) is 51.1 Å². The Hall–Kier alpha value is -1.04. The zero-order valence-corrected chi connectivity index (χ0v) is 8.09. The topological polar surface area (TPSA) is 0 Å². The van der Waals surface area contributed by atoms with Gasteiger partial charge in [0.15, 0.2) is 0 Å². The SMILES string of the molecule is CC=C(CC)c1ccccc1C. The van der Waals surface area contributed by atoms with Crippen molar-refractivity contribution < 1.29 is 0 Å². The number of aryl methyl sites for hydroxylation is 1. The lowest BCUT2D eigenvalue weighted by Gasteiger charge is -2.07. The summed E-state index contributed by atoms with van der Waals surface area (Å²) in [4.78, 5) is 0. The first-order chi connectivity index (χ1) is 5.79. The molecule has 0 bridgehead atoms. The quantitative estimate of drug-likeness (QED) is 0.617. The second-order valence-corrected chi connectivity index (χ2v) is 2.98. The van der Waals surface area contributed by atoms with Gasteiger partial charge in [0.1, 0.15) is 0 Å². The van der Waals surface area contributed by atoms with Crippen LogP contribution in [0.4, 0.5) is 0 Å². The zero-order chi connectivity index (χ0) is 8.97. The molecule has 0 amide bonds. The smallest absolute Gasteiger partial charge is 0.0199 e. The molecule has 0 aliphatic carbocycles. The second kappa shape index (κ2) is 4.10. The van der Waals surface area contributed by atoms with Crippen LogP contribution >= 0.6 is 0 Å². The molecule has 0 heteroatoms. The van der Waals surface area contributed by atoms with Gasteiger partial charge in [0.25, 0.3) is 0 Å². The van der Waals surface area contributed by atoms with Crippen LogP contribution in [0.5, 0.6) is 0 Å². The molecule has 64 valence electrons. The highest BCUT2D eigenvalue weighted by atomic mass is 14.0. The Morgan fingerprint density at radius 2 is 2.00 bits per heavy atom. The number of hydrogen-bond donors (Lipinski definition) is 0. The van der Waals surface area contributed by atoms with Gasteiger partial charge in [0.2, 0.25) is 0 Å². The van der Waals surface area contributed by atoms with Crippen LogP contribution < -0.4 is 0 Å². The molecular weight excluding hydrogens is 144 g/mol. The summed E-state index contributed by atoms with van der Waals surface area (Å²) in [6, 6.07) is 8.53. The van der Waals surface area contributed by atoms with Crippen molar-refractivity contribution in [3.8, 4) is 0 Å². The molecule has 0 atom stereocenters. The largest absolute Gasteiger partial charge is 0.0838 e. The molecule has 0 radical (unpaired) electrons. The zero-order valence-electron chi connectivity index (χ0n) is 8.09. The molecule has 1 aromatic rings. The fourth-order valence-electron chi connectivity index (χ4n) is 1.48. The molecule has 1 aromatic carbocycles. The van der Waals surface area contributed by atoms with E-state index in [0.717, 1.165) is 6.42 Å². The summed E-state index contributed by atoms with van der Waals surface area (Å²) < 4.78 is 0. The lowest BCUT2D eigenvalue weighted by atomic mass is 9.99. The third-order valence-electron chi connectivity index (χ3n) is 2.22. The van der Waals surface area contributed by atoms with Crippen molar-refractivity contribution in [3.63, 3.8) is 0 Å². The summed E-state index contributed by atoms with van der Waals surface area (Å²) in [5.74, 6) is 0. The maximum absolute atomic E-state index is 2.20. The molecule has 0 saturated carbocycles. The van der Waals surface area contributed by atoms with Gasteiger partial charge in [0.05, 0.1) is 0 Å². The third kappa shape index (κ3) is 1.76. The molecule has 0 spiro atoms. The van der Waals surface area contributed by atoms with Gasteiger partial charge in [-0.25, -0.2) is 0 Å². The fraction of sp³-hybridized carbons (Fsp3) is 0.333. The van der Waals surface area contributed by atoms with Crippen LogP contribution in [0.2, 0.25) is 0 Å². The van der Waals surface area contributed by atoms with E-state index in [1.807, 2.05) is 0 Å². The third-order valence-corrected chi connectivity index (χ3v) is 2.22. The Morgan fingerprint density at radius 3 is 2.50 bits per heavy atom. The Morgan fingerprint density at radius 1 is 1.33 bits per heavy atom. The maximum Gasteiger partial charge on any atom is -0.0199 e. The van der Waals surface area contributed by atoms with Crippen molar-refractivity contribution in [2.75, 3.05) is 0 Å². The van der Waals surface area contributed by atoms with Gasteiger partial charge in [-0.1, -0.05) is 37.3 Å². The standard InChI is InChI=1S/C12H16/c1-4-11(5-2)12-9-7-6-8-10(12)3/h4,6-9H,5H2,1-3H3. The Bertz CT molecular complexity index is 282. The van der Waals surface area contributed by atoms with Crippen LogP contribution in [0.1, 0.15) is 31.4 Å². The number of benzene rings is 1. The molecule has 0 nitrogen and oxygen atoms in total. The van der Waals surface area contributed by atoms with Gasteiger partial charge >= 0.3 is 0 Å². The summed E-state index contributed by atoms with van der Waals surface area (Å²) in [6.45, 7) is 6.46. The summed E-state index contributed by atoms with van der Waals surface area (Å²) in [7, 11) is 0. The summed E-state index contributed by atoms with van der Waals surface area (Å²) in [6.07, 6.45) is 3.31. The maximum atomic E-state index is 2.20. The molecule has 0 heterocycles. The van der Waals surface area contributed by atoms with E-state index in [1.54, 1.807) is 0 Å².